The van der Waals surface area contributed by atoms with Gasteiger partial charge in [-0.3, -0.25) is 0 Å². The molecule has 0 spiro atoms. The van der Waals surface area contributed by atoms with Gasteiger partial charge in [0.25, 0.3) is 0 Å². The molecule has 10 aromatic rings. The molecule has 0 fully saturated rings. The quantitative estimate of drug-likeness (QED) is 0.162. The molecule has 0 unspecified atom stereocenters. The van der Waals surface area contributed by atoms with Gasteiger partial charge in [-0.1, -0.05) is 146 Å². The predicted molar refractivity (Wildman–Crippen MR) is 229 cm³/mol. The molecular formula is C52H36N2. The largest absolute Gasteiger partial charge is 0.310 e. The second-order valence-corrected chi connectivity index (χ2v) is 13.8. The molecule has 0 atom stereocenters. The number of fused-ring (bicyclic) bond motifs is 4. The van der Waals surface area contributed by atoms with Crippen LogP contribution in [-0.2, 0) is 0 Å². The fourth-order valence-electron chi connectivity index (χ4n) is 7.97. The van der Waals surface area contributed by atoms with Crippen LogP contribution in [0.25, 0.3) is 71.6 Å². The van der Waals surface area contributed by atoms with E-state index in [-0.39, 0.29) is 0 Å². The maximum atomic E-state index is 2.38. The summed E-state index contributed by atoms with van der Waals surface area (Å²) >= 11 is 0. The van der Waals surface area contributed by atoms with Crippen LogP contribution in [0.15, 0.2) is 218 Å². The maximum absolute atomic E-state index is 2.38. The van der Waals surface area contributed by atoms with Crippen molar-refractivity contribution in [2.24, 2.45) is 0 Å². The summed E-state index contributed by atoms with van der Waals surface area (Å²) in [7, 11) is 0. The van der Waals surface area contributed by atoms with E-state index in [1.807, 2.05) is 0 Å². The van der Waals surface area contributed by atoms with E-state index in [1.54, 1.807) is 0 Å². The van der Waals surface area contributed by atoms with Crippen molar-refractivity contribution in [2.45, 2.75) is 0 Å². The maximum Gasteiger partial charge on any atom is 0.0542 e. The summed E-state index contributed by atoms with van der Waals surface area (Å²) in [5.41, 5.74) is 14.1. The minimum Gasteiger partial charge on any atom is -0.310 e. The van der Waals surface area contributed by atoms with Crippen molar-refractivity contribution in [1.82, 2.24) is 4.57 Å². The third kappa shape index (κ3) is 5.62. The Morgan fingerprint density at radius 2 is 0.796 bits per heavy atom. The van der Waals surface area contributed by atoms with E-state index in [0.29, 0.717) is 0 Å². The first-order chi connectivity index (χ1) is 26.8. The summed E-state index contributed by atoms with van der Waals surface area (Å²) in [6, 6.07) is 78.9. The second kappa shape index (κ2) is 13.4. The topological polar surface area (TPSA) is 8.17 Å². The molecule has 2 heteroatoms. The highest BCUT2D eigenvalue weighted by atomic mass is 15.1. The SMILES string of the molecule is c1ccc(-c2ccc(N(c3ccc(-c4cc(-c5ccccc5)c5ccccc5c4)cc3)c3ccc4c(c3)c3ccccc3n4-c3ccccc3)cc2)cc1. The van der Waals surface area contributed by atoms with Crippen LogP contribution in [0.2, 0.25) is 0 Å². The molecular weight excluding hydrogens is 653 g/mol. The first-order valence-corrected chi connectivity index (χ1v) is 18.5. The van der Waals surface area contributed by atoms with Gasteiger partial charge in [0.05, 0.1) is 11.0 Å². The van der Waals surface area contributed by atoms with E-state index in [0.717, 1.165) is 22.7 Å². The normalized spacial score (nSPS) is 11.3. The van der Waals surface area contributed by atoms with Gasteiger partial charge in [0.2, 0.25) is 0 Å². The van der Waals surface area contributed by atoms with Crippen LogP contribution in [0.1, 0.15) is 0 Å². The number of hydrogen-bond acceptors (Lipinski definition) is 1. The van der Waals surface area contributed by atoms with Crippen molar-refractivity contribution in [1.29, 1.82) is 0 Å². The molecule has 254 valence electrons. The number of anilines is 3. The minimum absolute atomic E-state index is 1.10. The lowest BCUT2D eigenvalue weighted by molar-refractivity contribution is 1.18. The molecule has 2 nitrogen and oxygen atoms in total. The predicted octanol–water partition coefficient (Wildman–Crippen LogP) is 14.4. The van der Waals surface area contributed by atoms with E-state index < -0.39 is 0 Å². The minimum atomic E-state index is 1.10. The van der Waals surface area contributed by atoms with E-state index in [1.165, 1.54) is 66.0 Å². The Hall–Kier alpha value is -7.16. The lowest BCUT2D eigenvalue weighted by Crippen LogP contribution is -2.10. The molecule has 0 radical (unpaired) electrons. The Morgan fingerprint density at radius 1 is 0.296 bits per heavy atom. The second-order valence-electron chi connectivity index (χ2n) is 13.8. The Labute approximate surface area is 315 Å². The van der Waals surface area contributed by atoms with Crippen molar-refractivity contribution in [3.8, 4) is 39.1 Å². The monoisotopic (exact) mass is 688 g/mol. The summed E-state index contributed by atoms with van der Waals surface area (Å²) < 4.78 is 2.37. The molecule has 0 N–H and O–H groups in total. The van der Waals surface area contributed by atoms with E-state index in [9.17, 15) is 0 Å². The first-order valence-electron chi connectivity index (χ1n) is 18.5. The van der Waals surface area contributed by atoms with Gasteiger partial charge in [-0.2, -0.15) is 0 Å². The highest BCUT2D eigenvalue weighted by Gasteiger charge is 2.18. The number of rotatable bonds is 7. The van der Waals surface area contributed by atoms with Gasteiger partial charge in [-0.05, 0) is 117 Å². The Morgan fingerprint density at radius 3 is 1.48 bits per heavy atom. The van der Waals surface area contributed by atoms with Crippen LogP contribution in [0.3, 0.4) is 0 Å². The first kappa shape index (κ1) is 31.6. The summed E-state index contributed by atoms with van der Waals surface area (Å²) in [6.45, 7) is 0. The number of nitrogens with zero attached hydrogens (tertiary/aromatic N) is 2. The van der Waals surface area contributed by atoms with Crippen molar-refractivity contribution in [3.63, 3.8) is 0 Å². The van der Waals surface area contributed by atoms with Gasteiger partial charge in [0.15, 0.2) is 0 Å². The van der Waals surface area contributed by atoms with Gasteiger partial charge in [-0.15, -0.1) is 0 Å². The average molecular weight is 689 g/mol. The Kier molecular flexibility index (Phi) is 7.85. The van der Waals surface area contributed by atoms with Gasteiger partial charge < -0.3 is 9.47 Å². The number of benzene rings is 9. The van der Waals surface area contributed by atoms with Crippen molar-refractivity contribution in [3.05, 3.63) is 218 Å². The molecule has 0 saturated heterocycles. The highest BCUT2D eigenvalue weighted by Crippen LogP contribution is 2.41. The van der Waals surface area contributed by atoms with Gasteiger partial charge >= 0.3 is 0 Å². The molecule has 0 amide bonds. The van der Waals surface area contributed by atoms with Crippen LogP contribution >= 0.6 is 0 Å². The van der Waals surface area contributed by atoms with Crippen molar-refractivity contribution < 1.29 is 0 Å². The molecule has 0 aliphatic heterocycles. The van der Waals surface area contributed by atoms with Gasteiger partial charge in [-0.25, -0.2) is 0 Å². The number of hydrogen-bond donors (Lipinski definition) is 0. The lowest BCUT2D eigenvalue weighted by atomic mass is 9.93. The van der Waals surface area contributed by atoms with Gasteiger partial charge in [0.1, 0.15) is 0 Å². The van der Waals surface area contributed by atoms with Crippen LogP contribution < -0.4 is 4.90 Å². The third-order valence-corrected chi connectivity index (χ3v) is 10.6. The number of para-hydroxylation sites is 2. The zero-order chi connectivity index (χ0) is 35.8. The molecule has 9 aromatic carbocycles. The Bertz CT molecular complexity index is 2890. The van der Waals surface area contributed by atoms with Crippen molar-refractivity contribution in [2.75, 3.05) is 4.90 Å². The van der Waals surface area contributed by atoms with Crippen LogP contribution in [0, 0.1) is 0 Å². The van der Waals surface area contributed by atoms with Crippen LogP contribution in [0.5, 0.6) is 0 Å². The number of aromatic nitrogens is 1. The smallest absolute Gasteiger partial charge is 0.0542 e. The molecule has 54 heavy (non-hydrogen) atoms. The molecule has 0 bridgehead atoms. The van der Waals surface area contributed by atoms with E-state index >= 15 is 0 Å². The molecule has 10 rings (SSSR count). The summed E-state index contributed by atoms with van der Waals surface area (Å²) in [6.07, 6.45) is 0. The summed E-state index contributed by atoms with van der Waals surface area (Å²) in [5.74, 6) is 0. The van der Waals surface area contributed by atoms with Gasteiger partial charge in [0, 0.05) is 33.5 Å². The van der Waals surface area contributed by atoms with Crippen LogP contribution in [0.4, 0.5) is 17.1 Å². The van der Waals surface area contributed by atoms with E-state index in [2.05, 4.69) is 228 Å². The van der Waals surface area contributed by atoms with Crippen LogP contribution in [-0.4, -0.2) is 4.57 Å². The lowest BCUT2D eigenvalue weighted by Gasteiger charge is -2.26. The molecule has 0 aliphatic rings. The highest BCUT2D eigenvalue weighted by molar-refractivity contribution is 6.10. The van der Waals surface area contributed by atoms with E-state index in [4.69, 9.17) is 0 Å². The average Bonchev–Trinajstić information content (AvgIpc) is 3.58. The third-order valence-electron chi connectivity index (χ3n) is 10.6. The molecule has 0 saturated carbocycles. The van der Waals surface area contributed by atoms with Crippen molar-refractivity contribution >= 4 is 49.6 Å². The molecule has 0 aliphatic carbocycles. The summed E-state index contributed by atoms with van der Waals surface area (Å²) in [5, 5.41) is 4.96. The summed E-state index contributed by atoms with van der Waals surface area (Å²) in [4.78, 5) is 2.38. The fraction of sp³-hybridized carbons (Fsp3) is 0. The molecule has 1 heterocycles. The zero-order valence-corrected chi connectivity index (χ0v) is 29.7. The molecule has 1 aromatic heterocycles. The fourth-order valence-corrected chi connectivity index (χ4v) is 7.97. The Balaban J connectivity index is 1.11. The standard InChI is InChI=1S/C52H36N2/c1-4-14-37(15-5-1)38-24-28-44(29-25-38)53(46-32-33-52-50(36-46)48-22-12-13-23-51(48)54(52)43-19-8-3-9-20-43)45-30-26-39(27-31-45)42-34-41-18-10-11-21-47(41)49(35-42)40-16-6-2-7-17-40/h1-36H. The zero-order valence-electron chi connectivity index (χ0n) is 29.7.